The van der Waals surface area contributed by atoms with E-state index in [9.17, 15) is 9.59 Å². The van der Waals surface area contributed by atoms with E-state index in [0.717, 1.165) is 0 Å². The average Bonchev–Trinajstić information content (AvgIpc) is 2.13. The molecule has 0 saturated heterocycles. The molecule has 0 rings (SSSR count). The lowest BCUT2D eigenvalue weighted by Gasteiger charge is -2.22. The molecule has 1 unspecified atom stereocenters. The second kappa shape index (κ2) is 7.14. The van der Waals surface area contributed by atoms with Gasteiger partial charge in [0.1, 0.15) is 5.60 Å². The van der Waals surface area contributed by atoms with Gasteiger partial charge in [-0.05, 0) is 34.1 Å². The summed E-state index contributed by atoms with van der Waals surface area (Å²) in [6.07, 6.45) is 0.315. The van der Waals surface area contributed by atoms with E-state index in [4.69, 9.17) is 9.47 Å². The van der Waals surface area contributed by atoms with Crippen LogP contribution in [-0.2, 0) is 14.3 Å². The minimum atomic E-state index is -0.535. The Morgan fingerprint density at radius 3 is 2.24 bits per heavy atom. The van der Waals surface area contributed by atoms with Crippen LogP contribution in [0.1, 0.15) is 47.5 Å². The van der Waals surface area contributed by atoms with Crippen LogP contribution in [0.4, 0.5) is 4.79 Å². The Kier molecular flexibility index (Phi) is 6.61. The molecule has 0 aromatic carbocycles. The Hall–Kier alpha value is -1.26. The third-order valence-electron chi connectivity index (χ3n) is 1.93. The number of nitrogens with one attached hydrogen (secondary N) is 1. The lowest BCUT2D eigenvalue weighted by molar-refractivity contribution is -0.143. The normalized spacial score (nSPS) is 12.8. The van der Waals surface area contributed by atoms with E-state index >= 15 is 0 Å². The molecule has 1 amide bonds. The van der Waals surface area contributed by atoms with E-state index in [2.05, 4.69) is 5.32 Å². The van der Waals surface area contributed by atoms with Gasteiger partial charge in [-0.3, -0.25) is 4.79 Å². The number of carbonyl (C=O) groups excluding carboxylic acids is 2. The first-order valence-corrected chi connectivity index (χ1v) is 5.93. The van der Waals surface area contributed by atoms with Gasteiger partial charge in [0.05, 0.1) is 13.0 Å². The fourth-order valence-corrected chi connectivity index (χ4v) is 1.19. The molecule has 0 aliphatic heterocycles. The first kappa shape index (κ1) is 15.7. The summed E-state index contributed by atoms with van der Waals surface area (Å²) in [5.41, 5.74) is -0.535. The van der Waals surface area contributed by atoms with Crippen molar-refractivity contribution in [3.05, 3.63) is 0 Å². The van der Waals surface area contributed by atoms with Crippen LogP contribution in [0.3, 0.4) is 0 Å². The molecule has 0 heterocycles. The summed E-state index contributed by atoms with van der Waals surface area (Å²) in [6, 6.07) is -0.246. The Balaban J connectivity index is 4.13. The van der Waals surface area contributed by atoms with Crippen LogP contribution >= 0.6 is 0 Å². The van der Waals surface area contributed by atoms with Gasteiger partial charge in [0, 0.05) is 6.04 Å². The van der Waals surface area contributed by atoms with Crippen molar-refractivity contribution in [2.75, 3.05) is 6.61 Å². The van der Waals surface area contributed by atoms with E-state index in [1.807, 2.05) is 6.92 Å². The molecule has 1 N–H and O–H groups in total. The van der Waals surface area contributed by atoms with Gasteiger partial charge in [-0.2, -0.15) is 0 Å². The van der Waals surface area contributed by atoms with E-state index in [-0.39, 0.29) is 18.4 Å². The number of carbonyl (C=O) groups is 2. The van der Waals surface area contributed by atoms with Gasteiger partial charge in [0.2, 0.25) is 0 Å². The fraction of sp³-hybridized carbons (Fsp3) is 0.833. The van der Waals surface area contributed by atoms with Gasteiger partial charge in [0.25, 0.3) is 0 Å². The second-order valence-corrected chi connectivity index (χ2v) is 4.76. The maximum atomic E-state index is 11.5. The Morgan fingerprint density at radius 2 is 1.82 bits per heavy atom. The number of amides is 1. The Bertz CT molecular complexity index is 258. The van der Waals surface area contributed by atoms with Crippen molar-refractivity contribution >= 4 is 12.1 Å². The minimum Gasteiger partial charge on any atom is -0.466 e. The van der Waals surface area contributed by atoms with Crippen LogP contribution in [0.25, 0.3) is 0 Å². The molecule has 0 radical (unpaired) electrons. The standard InChI is InChI=1S/C12H23NO4/c1-6-9(8-10(14)16-7-2)13-11(15)17-12(3,4)5/h9H,6-8H2,1-5H3,(H,13,15). The molecule has 5 nitrogen and oxygen atoms in total. The Labute approximate surface area is 103 Å². The van der Waals surface area contributed by atoms with Crippen molar-refractivity contribution in [2.24, 2.45) is 0 Å². The van der Waals surface area contributed by atoms with E-state index < -0.39 is 11.7 Å². The summed E-state index contributed by atoms with van der Waals surface area (Å²) >= 11 is 0. The molecule has 100 valence electrons. The van der Waals surface area contributed by atoms with Crippen molar-refractivity contribution in [1.82, 2.24) is 5.32 Å². The van der Waals surface area contributed by atoms with Crippen LogP contribution in [0, 0.1) is 0 Å². The number of esters is 1. The summed E-state index contributed by atoms with van der Waals surface area (Å²) in [6.45, 7) is 9.36. The van der Waals surface area contributed by atoms with E-state index in [0.29, 0.717) is 13.0 Å². The number of hydrogen-bond donors (Lipinski definition) is 1. The van der Waals surface area contributed by atoms with Gasteiger partial charge >= 0.3 is 12.1 Å². The maximum absolute atomic E-state index is 11.5. The zero-order valence-corrected chi connectivity index (χ0v) is 11.3. The van der Waals surface area contributed by atoms with E-state index in [1.54, 1.807) is 27.7 Å². The third-order valence-corrected chi connectivity index (χ3v) is 1.93. The van der Waals surface area contributed by atoms with Crippen molar-refractivity contribution < 1.29 is 19.1 Å². The molecule has 1 atom stereocenters. The first-order valence-electron chi connectivity index (χ1n) is 5.93. The monoisotopic (exact) mass is 245 g/mol. The zero-order valence-electron chi connectivity index (χ0n) is 11.3. The molecule has 0 aliphatic carbocycles. The van der Waals surface area contributed by atoms with Gasteiger partial charge in [-0.25, -0.2) is 4.79 Å². The lowest BCUT2D eigenvalue weighted by atomic mass is 10.1. The first-order chi connectivity index (χ1) is 7.78. The highest BCUT2D eigenvalue weighted by molar-refractivity contribution is 5.72. The van der Waals surface area contributed by atoms with Gasteiger partial charge in [0.15, 0.2) is 0 Å². The Morgan fingerprint density at radius 1 is 1.24 bits per heavy atom. The highest BCUT2D eigenvalue weighted by Gasteiger charge is 2.20. The van der Waals surface area contributed by atoms with Crippen LogP contribution in [0.15, 0.2) is 0 Å². The number of rotatable bonds is 5. The van der Waals surface area contributed by atoms with Crippen LogP contribution in [-0.4, -0.2) is 30.3 Å². The quantitative estimate of drug-likeness (QED) is 0.754. The third kappa shape index (κ3) is 8.54. The smallest absolute Gasteiger partial charge is 0.407 e. The SMILES string of the molecule is CCOC(=O)CC(CC)NC(=O)OC(C)(C)C. The van der Waals surface area contributed by atoms with Gasteiger partial charge in [-0.15, -0.1) is 0 Å². The van der Waals surface area contributed by atoms with Gasteiger partial charge < -0.3 is 14.8 Å². The predicted octanol–water partition coefficient (Wildman–Crippen LogP) is 2.24. The van der Waals surface area contributed by atoms with Crippen molar-refractivity contribution in [3.63, 3.8) is 0 Å². The molecule has 5 heteroatoms. The van der Waals surface area contributed by atoms with Crippen molar-refractivity contribution in [3.8, 4) is 0 Å². The van der Waals surface area contributed by atoms with Crippen LogP contribution < -0.4 is 5.32 Å². The molecule has 0 fully saturated rings. The molecule has 0 saturated carbocycles. The minimum absolute atomic E-state index is 0.170. The predicted molar refractivity (Wildman–Crippen MR) is 64.7 cm³/mol. The maximum Gasteiger partial charge on any atom is 0.407 e. The molecule has 0 spiro atoms. The largest absolute Gasteiger partial charge is 0.466 e. The summed E-state index contributed by atoms with van der Waals surface area (Å²) in [7, 11) is 0. The zero-order chi connectivity index (χ0) is 13.5. The average molecular weight is 245 g/mol. The number of ether oxygens (including phenoxy) is 2. The van der Waals surface area contributed by atoms with Crippen LogP contribution in [0.2, 0.25) is 0 Å². The number of alkyl carbamates (subject to hydrolysis) is 1. The van der Waals surface area contributed by atoms with Crippen LogP contribution in [0.5, 0.6) is 0 Å². The number of hydrogen-bond acceptors (Lipinski definition) is 4. The van der Waals surface area contributed by atoms with Crippen molar-refractivity contribution in [2.45, 2.75) is 59.1 Å². The highest BCUT2D eigenvalue weighted by atomic mass is 16.6. The molecular weight excluding hydrogens is 222 g/mol. The second-order valence-electron chi connectivity index (χ2n) is 4.76. The molecule has 0 aromatic rings. The van der Waals surface area contributed by atoms with E-state index in [1.165, 1.54) is 0 Å². The lowest BCUT2D eigenvalue weighted by Crippen LogP contribution is -2.40. The highest BCUT2D eigenvalue weighted by Crippen LogP contribution is 2.08. The fourth-order valence-electron chi connectivity index (χ4n) is 1.19. The summed E-state index contributed by atoms with van der Waals surface area (Å²) in [5.74, 6) is -0.310. The summed E-state index contributed by atoms with van der Waals surface area (Å²) in [5, 5.41) is 2.65. The van der Waals surface area contributed by atoms with Gasteiger partial charge in [-0.1, -0.05) is 6.92 Å². The summed E-state index contributed by atoms with van der Waals surface area (Å²) in [4.78, 5) is 22.7. The molecule has 0 aliphatic rings. The molecular formula is C12H23NO4. The molecule has 0 aromatic heterocycles. The molecule has 0 bridgehead atoms. The summed E-state index contributed by atoms with van der Waals surface area (Å²) < 4.78 is 9.94. The van der Waals surface area contributed by atoms with Crippen molar-refractivity contribution in [1.29, 1.82) is 0 Å². The molecule has 17 heavy (non-hydrogen) atoms. The topological polar surface area (TPSA) is 64.6 Å².